The molecule has 0 aliphatic carbocycles. The van der Waals surface area contributed by atoms with Crippen molar-refractivity contribution in [1.29, 1.82) is 0 Å². The highest BCUT2D eigenvalue weighted by Gasteiger charge is 2.24. The molecule has 0 bridgehead atoms. The zero-order chi connectivity index (χ0) is 15.4. The number of pyridine rings is 1. The van der Waals surface area contributed by atoms with Gasteiger partial charge in [0.15, 0.2) is 0 Å². The maximum Gasteiger partial charge on any atom is 0.119 e. The number of hydrogen-bond acceptors (Lipinski definition) is 4. The Labute approximate surface area is 139 Å². The van der Waals surface area contributed by atoms with Gasteiger partial charge in [-0.1, -0.05) is 22.0 Å². The van der Waals surface area contributed by atoms with Gasteiger partial charge in [0.1, 0.15) is 5.75 Å². The number of piperazine rings is 1. The molecule has 1 aliphatic rings. The first kappa shape index (κ1) is 15.5. The lowest BCUT2D eigenvalue weighted by Gasteiger charge is -2.36. The Bertz CT molecular complexity index is 621. The molecule has 0 spiro atoms. The van der Waals surface area contributed by atoms with Crippen LogP contribution in [0.2, 0.25) is 0 Å². The highest BCUT2D eigenvalue weighted by molar-refractivity contribution is 9.10. The SMILES string of the molecule is COc1ccc(Br)c(CN2CCNCC2c2cccnc2)c1. The van der Waals surface area contributed by atoms with Gasteiger partial charge in [0.05, 0.1) is 7.11 Å². The van der Waals surface area contributed by atoms with Crippen LogP contribution in [0.4, 0.5) is 0 Å². The van der Waals surface area contributed by atoms with Crippen LogP contribution < -0.4 is 10.1 Å². The van der Waals surface area contributed by atoms with Gasteiger partial charge in [-0.25, -0.2) is 0 Å². The Morgan fingerprint density at radius 3 is 3.09 bits per heavy atom. The molecule has 1 N–H and O–H groups in total. The fourth-order valence-corrected chi connectivity index (χ4v) is 3.23. The predicted molar refractivity (Wildman–Crippen MR) is 91.0 cm³/mol. The molecule has 116 valence electrons. The van der Waals surface area contributed by atoms with Crippen LogP contribution in [0.25, 0.3) is 0 Å². The van der Waals surface area contributed by atoms with E-state index in [0.29, 0.717) is 6.04 Å². The zero-order valence-corrected chi connectivity index (χ0v) is 14.2. The van der Waals surface area contributed by atoms with Crippen LogP contribution >= 0.6 is 15.9 Å². The number of nitrogens with one attached hydrogen (secondary N) is 1. The zero-order valence-electron chi connectivity index (χ0n) is 12.6. The molecule has 1 aromatic carbocycles. The molecule has 0 saturated carbocycles. The average molecular weight is 362 g/mol. The Morgan fingerprint density at radius 2 is 2.32 bits per heavy atom. The second-order valence-electron chi connectivity index (χ2n) is 5.43. The number of halogens is 1. The highest BCUT2D eigenvalue weighted by atomic mass is 79.9. The first-order chi connectivity index (χ1) is 10.8. The van der Waals surface area contributed by atoms with Crippen LogP contribution in [-0.2, 0) is 6.54 Å². The molecule has 1 atom stereocenters. The minimum atomic E-state index is 0.348. The van der Waals surface area contributed by atoms with E-state index in [0.717, 1.165) is 36.4 Å². The second kappa shape index (κ2) is 7.22. The highest BCUT2D eigenvalue weighted by Crippen LogP contribution is 2.28. The van der Waals surface area contributed by atoms with E-state index in [1.54, 1.807) is 7.11 Å². The van der Waals surface area contributed by atoms with Crippen molar-refractivity contribution in [1.82, 2.24) is 15.2 Å². The number of ether oxygens (including phenoxy) is 1. The molecule has 3 rings (SSSR count). The number of hydrogen-bond donors (Lipinski definition) is 1. The molecule has 1 aromatic heterocycles. The van der Waals surface area contributed by atoms with E-state index in [4.69, 9.17) is 4.74 Å². The summed E-state index contributed by atoms with van der Waals surface area (Å²) in [4.78, 5) is 6.76. The maximum atomic E-state index is 5.35. The third-order valence-corrected chi connectivity index (χ3v) is 4.82. The Balaban J connectivity index is 1.83. The summed E-state index contributed by atoms with van der Waals surface area (Å²) in [6.07, 6.45) is 3.79. The first-order valence-corrected chi connectivity index (χ1v) is 8.24. The third-order valence-electron chi connectivity index (χ3n) is 4.05. The van der Waals surface area contributed by atoms with Gasteiger partial charge in [-0.05, 0) is 35.4 Å². The number of nitrogens with zero attached hydrogens (tertiary/aromatic N) is 2. The first-order valence-electron chi connectivity index (χ1n) is 7.45. The molecular formula is C17H20BrN3O. The number of rotatable bonds is 4. The summed E-state index contributed by atoms with van der Waals surface area (Å²) in [6.45, 7) is 3.87. The fraction of sp³-hybridized carbons (Fsp3) is 0.353. The minimum absolute atomic E-state index is 0.348. The van der Waals surface area contributed by atoms with Gasteiger partial charge in [-0.2, -0.15) is 0 Å². The van der Waals surface area contributed by atoms with Crippen molar-refractivity contribution in [2.75, 3.05) is 26.7 Å². The van der Waals surface area contributed by atoms with Gasteiger partial charge in [-0.15, -0.1) is 0 Å². The van der Waals surface area contributed by atoms with Gasteiger partial charge >= 0.3 is 0 Å². The van der Waals surface area contributed by atoms with Crippen LogP contribution in [-0.4, -0.2) is 36.6 Å². The van der Waals surface area contributed by atoms with Crippen molar-refractivity contribution in [3.05, 3.63) is 58.3 Å². The van der Waals surface area contributed by atoms with E-state index in [1.165, 1.54) is 11.1 Å². The van der Waals surface area contributed by atoms with E-state index in [2.05, 4.69) is 49.3 Å². The molecular weight excluding hydrogens is 342 g/mol. The summed E-state index contributed by atoms with van der Waals surface area (Å²) < 4.78 is 6.47. The largest absolute Gasteiger partial charge is 0.497 e. The molecule has 5 heteroatoms. The summed E-state index contributed by atoms with van der Waals surface area (Å²) in [5.74, 6) is 0.895. The van der Waals surface area contributed by atoms with E-state index in [1.807, 2.05) is 24.5 Å². The number of benzene rings is 1. The van der Waals surface area contributed by atoms with Crippen molar-refractivity contribution in [3.63, 3.8) is 0 Å². The molecule has 1 aliphatic heterocycles. The van der Waals surface area contributed by atoms with Crippen LogP contribution in [0.3, 0.4) is 0 Å². The van der Waals surface area contributed by atoms with E-state index in [-0.39, 0.29) is 0 Å². The molecule has 2 heterocycles. The lowest BCUT2D eigenvalue weighted by molar-refractivity contribution is 0.153. The topological polar surface area (TPSA) is 37.4 Å². The smallest absolute Gasteiger partial charge is 0.119 e. The fourth-order valence-electron chi connectivity index (χ4n) is 2.86. The van der Waals surface area contributed by atoms with E-state index < -0.39 is 0 Å². The summed E-state index contributed by atoms with van der Waals surface area (Å²) in [6, 6.07) is 10.6. The third kappa shape index (κ3) is 3.48. The quantitative estimate of drug-likeness (QED) is 0.908. The van der Waals surface area contributed by atoms with Crippen molar-refractivity contribution < 1.29 is 4.74 Å². The standard InChI is InChI=1S/C17H20BrN3O/c1-22-15-4-5-16(18)14(9-15)12-21-8-7-20-11-17(21)13-3-2-6-19-10-13/h2-6,9-10,17,20H,7-8,11-12H2,1H3. The predicted octanol–water partition coefficient (Wildman–Crippen LogP) is 3.00. The van der Waals surface area contributed by atoms with Gasteiger partial charge in [0.2, 0.25) is 0 Å². The van der Waals surface area contributed by atoms with Gasteiger partial charge in [0.25, 0.3) is 0 Å². The lowest BCUT2D eigenvalue weighted by Crippen LogP contribution is -2.45. The molecule has 1 fully saturated rings. The normalized spacial score (nSPS) is 19.1. The van der Waals surface area contributed by atoms with Gasteiger partial charge in [-0.3, -0.25) is 9.88 Å². The monoisotopic (exact) mass is 361 g/mol. The minimum Gasteiger partial charge on any atom is -0.497 e. The van der Waals surface area contributed by atoms with Crippen LogP contribution in [0.15, 0.2) is 47.2 Å². The van der Waals surface area contributed by atoms with Crippen LogP contribution in [0.1, 0.15) is 17.2 Å². The Hall–Kier alpha value is -1.43. The molecule has 0 radical (unpaired) electrons. The van der Waals surface area contributed by atoms with Crippen LogP contribution in [0.5, 0.6) is 5.75 Å². The van der Waals surface area contributed by atoms with Crippen molar-refractivity contribution in [2.45, 2.75) is 12.6 Å². The van der Waals surface area contributed by atoms with E-state index >= 15 is 0 Å². The number of methoxy groups -OCH3 is 1. The summed E-state index contributed by atoms with van der Waals surface area (Å²) in [5, 5.41) is 3.48. The molecule has 0 amide bonds. The Morgan fingerprint density at radius 1 is 1.41 bits per heavy atom. The Kier molecular flexibility index (Phi) is 5.08. The van der Waals surface area contributed by atoms with Crippen molar-refractivity contribution >= 4 is 15.9 Å². The molecule has 4 nitrogen and oxygen atoms in total. The van der Waals surface area contributed by atoms with Crippen molar-refractivity contribution in [3.8, 4) is 5.75 Å². The molecule has 2 aromatic rings. The second-order valence-corrected chi connectivity index (χ2v) is 6.29. The van der Waals surface area contributed by atoms with Gasteiger partial charge < -0.3 is 10.1 Å². The maximum absolute atomic E-state index is 5.35. The van der Waals surface area contributed by atoms with E-state index in [9.17, 15) is 0 Å². The number of aromatic nitrogens is 1. The molecule has 22 heavy (non-hydrogen) atoms. The van der Waals surface area contributed by atoms with Crippen LogP contribution in [0, 0.1) is 0 Å². The molecule has 1 unspecified atom stereocenters. The summed E-state index contributed by atoms with van der Waals surface area (Å²) in [5.41, 5.74) is 2.50. The van der Waals surface area contributed by atoms with Crippen molar-refractivity contribution in [2.24, 2.45) is 0 Å². The summed E-state index contributed by atoms with van der Waals surface area (Å²) >= 11 is 3.65. The van der Waals surface area contributed by atoms with Gasteiger partial charge in [0, 0.05) is 49.1 Å². The lowest BCUT2D eigenvalue weighted by atomic mass is 10.0. The molecule has 1 saturated heterocycles. The average Bonchev–Trinajstić information content (AvgIpc) is 2.58. The summed E-state index contributed by atoms with van der Waals surface area (Å²) in [7, 11) is 1.70.